The first kappa shape index (κ1) is 36.1. The maximum absolute atomic E-state index is 2.65. The summed E-state index contributed by atoms with van der Waals surface area (Å²) < 4.78 is 5.85. The fourth-order valence-electron chi connectivity index (χ4n) is 9.15. The molecule has 0 unspecified atom stereocenters. The average molecular weight is 711 g/mol. The van der Waals surface area contributed by atoms with E-state index in [9.17, 15) is 0 Å². The van der Waals surface area contributed by atoms with Crippen molar-refractivity contribution in [2.24, 2.45) is 11.8 Å². The molecule has 0 atom stereocenters. The minimum absolute atomic E-state index is 0. The van der Waals surface area contributed by atoms with E-state index in [0.717, 1.165) is 18.3 Å². The molecule has 2 saturated carbocycles. The van der Waals surface area contributed by atoms with Crippen molar-refractivity contribution < 1.29 is 46.1 Å². The zero-order chi connectivity index (χ0) is 29.8. The Bertz CT molecular complexity index is 1440. The predicted octanol–water partition coefficient (Wildman–Crippen LogP) is 4.90. The van der Waals surface area contributed by atoms with Gasteiger partial charge in [-0.1, -0.05) is 0 Å². The first-order valence-corrected chi connectivity index (χ1v) is 21.0. The van der Waals surface area contributed by atoms with Crippen LogP contribution in [0, 0.1) is 25.7 Å². The number of aryl methyl sites for hydroxylation is 1. The number of hydrogen-bond acceptors (Lipinski definition) is 0. The molecule has 44 heavy (non-hydrogen) atoms. The van der Waals surface area contributed by atoms with Crippen LogP contribution in [0.5, 0.6) is 0 Å². The Morgan fingerprint density at radius 3 is 1.80 bits per heavy atom. The van der Waals surface area contributed by atoms with E-state index in [1.807, 2.05) is 6.55 Å². The van der Waals surface area contributed by atoms with Crippen LogP contribution < -0.4 is 28.1 Å². The molecular formula is C41H56Cl2Zr. The largest absolute Gasteiger partial charge is 1.00 e. The number of hydrogen-bond donors (Lipinski definition) is 0. The van der Waals surface area contributed by atoms with Gasteiger partial charge < -0.3 is 24.8 Å². The van der Waals surface area contributed by atoms with Gasteiger partial charge in [0.1, 0.15) is 0 Å². The quantitative estimate of drug-likeness (QED) is 0.342. The van der Waals surface area contributed by atoms with Crippen molar-refractivity contribution in [3.8, 4) is 11.1 Å². The summed E-state index contributed by atoms with van der Waals surface area (Å²) >= 11 is -2.36. The van der Waals surface area contributed by atoms with E-state index in [1.165, 1.54) is 81.8 Å². The normalized spacial score (nSPS) is 17.9. The summed E-state index contributed by atoms with van der Waals surface area (Å²) in [5.41, 5.74) is 13.0. The second-order valence-electron chi connectivity index (χ2n) is 16.5. The number of fused-ring (bicyclic) bond motifs is 3. The summed E-state index contributed by atoms with van der Waals surface area (Å²) in [6.07, 6.45) is 24.4. The van der Waals surface area contributed by atoms with Crippen LogP contribution in [0.4, 0.5) is 0 Å². The summed E-state index contributed by atoms with van der Waals surface area (Å²) in [6.45, 7) is 19.4. The third-order valence-electron chi connectivity index (χ3n) is 11.1. The van der Waals surface area contributed by atoms with Crippen LogP contribution >= 0.6 is 0 Å². The number of rotatable bonds is 6. The van der Waals surface area contributed by atoms with Gasteiger partial charge in [0.2, 0.25) is 0 Å². The molecule has 0 aromatic heterocycles. The molecular weight excluding hydrogens is 655 g/mol. The van der Waals surface area contributed by atoms with E-state index in [4.69, 9.17) is 0 Å². The smallest absolute Gasteiger partial charge is 1.00 e. The Labute approximate surface area is 289 Å². The van der Waals surface area contributed by atoms with Crippen LogP contribution in [-0.4, -0.2) is 3.21 Å². The molecule has 0 N–H and O–H groups in total. The van der Waals surface area contributed by atoms with Crippen LogP contribution in [-0.2, 0) is 38.5 Å². The fourth-order valence-corrected chi connectivity index (χ4v) is 18.3. The van der Waals surface area contributed by atoms with Crippen molar-refractivity contribution in [3.05, 3.63) is 73.1 Å². The minimum atomic E-state index is -2.36. The van der Waals surface area contributed by atoms with Gasteiger partial charge in [-0.3, -0.25) is 0 Å². The van der Waals surface area contributed by atoms with E-state index >= 15 is 0 Å². The Hall–Kier alpha value is -0.747. The van der Waals surface area contributed by atoms with E-state index in [-0.39, 0.29) is 35.6 Å². The third-order valence-corrected chi connectivity index (χ3v) is 19.3. The van der Waals surface area contributed by atoms with Crippen LogP contribution in [0.1, 0.15) is 146 Å². The van der Waals surface area contributed by atoms with E-state index in [2.05, 4.69) is 95.0 Å². The topological polar surface area (TPSA) is 0 Å². The van der Waals surface area contributed by atoms with Gasteiger partial charge in [0.15, 0.2) is 0 Å². The molecule has 0 nitrogen and oxygen atoms in total. The Balaban J connectivity index is 0.00000221. The van der Waals surface area contributed by atoms with Gasteiger partial charge in [0.05, 0.1) is 0 Å². The van der Waals surface area contributed by atoms with Gasteiger partial charge in [-0.05, 0) is 0 Å². The van der Waals surface area contributed by atoms with Gasteiger partial charge in [-0.15, -0.1) is 0 Å². The van der Waals surface area contributed by atoms with Gasteiger partial charge in [0.25, 0.3) is 0 Å². The Morgan fingerprint density at radius 2 is 1.30 bits per heavy atom. The second-order valence-corrected chi connectivity index (χ2v) is 22.9. The molecule has 2 fully saturated rings. The first-order chi connectivity index (χ1) is 19.9. The van der Waals surface area contributed by atoms with Crippen molar-refractivity contribution in [2.75, 3.05) is 0 Å². The van der Waals surface area contributed by atoms with Gasteiger partial charge >= 0.3 is 267 Å². The van der Waals surface area contributed by atoms with E-state index < -0.39 is 21.3 Å². The Kier molecular flexibility index (Phi) is 11.6. The van der Waals surface area contributed by atoms with Crippen molar-refractivity contribution in [1.29, 1.82) is 0 Å². The monoisotopic (exact) mass is 708 g/mol. The molecule has 4 aliphatic carbocycles. The maximum Gasteiger partial charge on any atom is -1.00 e. The molecule has 238 valence electrons. The molecule has 4 aliphatic rings. The van der Waals surface area contributed by atoms with E-state index in [0.29, 0.717) is 0 Å². The molecule has 0 saturated heterocycles. The van der Waals surface area contributed by atoms with Crippen molar-refractivity contribution in [3.63, 3.8) is 0 Å². The van der Waals surface area contributed by atoms with Crippen molar-refractivity contribution >= 4 is 6.48 Å². The molecule has 6 rings (SSSR count). The summed E-state index contributed by atoms with van der Waals surface area (Å²) in [6, 6.07) is 7.81. The zero-order valence-corrected chi connectivity index (χ0v) is 32.8. The van der Waals surface area contributed by atoms with E-state index in [1.54, 1.807) is 33.4 Å². The second kappa shape index (κ2) is 14.2. The molecule has 0 spiro atoms. The summed E-state index contributed by atoms with van der Waals surface area (Å²) in [5, 5.41) is 0. The third kappa shape index (κ3) is 7.21. The van der Waals surface area contributed by atoms with Gasteiger partial charge in [0, 0.05) is 0 Å². The average Bonchev–Trinajstić information content (AvgIpc) is 3.72. The zero-order valence-electron chi connectivity index (χ0n) is 28.9. The SMILES string of the molecule is Cc1cc2c(cc1C(C)(C)C)-c1cc(C(C)(C)C)c(C)[c]([Zr+2]([C]3=CC=CC3)=[C](CC3CCCC3)CC3CCCC3)c1C2.[Cl-].[Cl-]. The molecule has 0 bridgehead atoms. The Morgan fingerprint density at radius 1 is 0.750 bits per heavy atom. The van der Waals surface area contributed by atoms with Gasteiger partial charge in [-0.2, -0.15) is 0 Å². The summed E-state index contributed by atoms with van der Waals surface area (Å²) in [5.74, 6) is 1.89. The van der Waals surface area contributed by atoms with Crippen LogP contribution in [0.3, 0.4) is 0 Å². The summed E-state index contributed by atoms with van der Waals surface area (Å²) in [4.78, 5) is 0. The number of halogens is 2. The molecule has 3 heteroatoms. The standard InChI is InChI=1S/C23H29.C13H22.C5H5.2ClH.Zr/c1-14-9-16-11-17-10-15(2)21(23(6,7)8)13-19(17)18(16)12-20(14)22(3,4)5;1-2-7-12(6-1)10-5-11-13-8-3-4-9-13;1-2-4-5-3-1;;;/h9,12-13H,11H2,1-8H3;12-13H,1-4,6-11H2;1-3H,4H2;2*1H;/q;;;;;+2/p-2. The fraction of sp³-hybridized carbons (Fsp3) is 0.585. The molecule has 2 aromatic carbocycles. The van der Waals surface area contributed by atoms with Crippen LogP contribution in [0.25, 0.3) is 11.1 Å². The molecule has 0 radical (unpaired) electrons. The molecule has 0 heterocycles. The predicted molar refractivity (Wildman–Crippen MR) is 181 cm³/mol. The molecule has 2 aromatic rings. The molecule has 0 aliphatic heterocycles. The number of benzene rings is 2. The number of allylic oxidation sites excluding steroid dienone is 4. The van der Waals surface area contributed by atoms with Crippen molar-refractivity contribution in [2.45, 2.75) is 143 Å². The maximum atomic E-state index is 2.65. The first-order valence-electron chi connectivity index (χ1n) is 17.3. The van der Waals surface area contributed by atoms with Crippen LogP contribution in [0.2, 0.25) is 0 Å². The molecule has 0 amide bonds. The summed E-state index contributed by atoms with van der Waals surface area (Å²) in [7, 11) is 0. The minimum Gasteiger partial charge on any atom is -1.00 e. The van der Waals surface area contributed by atoms with Crippen LogP contribution in [0.15, 0.2) is 39.7 Å². The van der Waals surface area contributed by atoms with Gasteiger partial charge in [-0.25, -0.2) is 0 Å². The van der Waals surface area contributed by atoms with Crippen molar-refractivity contribution in [1.82, 2.24) is 0 Å².